The van der Waals surface area contributed by atoms with Gasteiger partial charge in [0.2, 0.25) is 0 Å². The predicted molar refractivity (Wildman–Crippen MR) is 309 cm³/mol. The molecule has 3 heterocycles. The molecular formula is C71H47N3. The topological polar surface area (TPSA) is 38.7 Å². The largest absolute Gasteiger partial charge is 0.256 e. The first-order valence-electron chi connectivity index (χ1n) is 25.1. The molecule has 0 spiro atoms. The summed E-state index contributed by atoms with van der Waals surface area (Å²) in [5, 5.41) is 3.41. The lowest BCUT2D eigenvalue weighted by atomic mass is 9.86. The van der Waals surface area contributed by atoms with Crippen molar-refractivity contribution in [1.82, 2.24) is 15.0 Å². The number of pyridine rings is 3. The van der Waals surface area contributed by atoms with Crippen LogP contribution in [0.4, 0.5) is 0 Å². The van der Waals surface area contributed by atoms with Gasteiger partial charge in [-0.25, -0.2) is 0 Å². The molecule has 0 N–H and O–H groups in total. The fraction of sp³-hybridized carbons (Fsp3) is 0. The lowest BCUT2D eigenvalue weighted by molar-refractivity contribution is 1.32. The molecule has 3 nitrogen and oxygen atoms in total. The van der Waals surface area contributed by atoms with Crippen molar-refractivity contribution < 1.29 is 0 Å². The molecule has 3 aromatic heterocycles. The molecule has 74 heavy (non-hydrogen) atoms. The van der Waals surface area contributed by atoms with Crippen LogP contribution < -0.4 is 0 Å². The highest BCUT2D eigenvalue weighted by atomic mass is 14.7. The Morgan fingerprint density at radius 3 is 1.04 bits per heavy atom. The Hall–Kier alpha value is -9.83. The molecule has 0 aliphatic rings. The van der Waals surface area contributed by atoms with Crippen LogP contribution in [0.5, 0.6) is 0 Å². The quantitative estimate of drug-likeness (QED) is 0.128. The minimum atomic E-state index is 0.946. The van der Waals surface area contributed by atoms with Crippen LogP contribution in [0.2, 0.25) is 0 Å². The van der Waals surface area contributed by atoms with Gasteiger partial charge in [0.15, 0.2) is 0 Å². The lowest BCUT2D eigenvalue weighted by Crippen LogP contribution is -1.93. The van der Waals surface area contributed by atoms with Crippen LogP contribution in [0.1, 0.15) is 0 Å². The van der Waals surface area contributed by atoms with Gasteiger partial charge in [0.05, 0.1) is 16.9 Å². The molecule has 0 fully saturated rings. The second-order valence-corrected chi connectivity index (χ2v) is 18.7. The molecule has 0 aliphatic heterocycles. The molecule has 13 rings (SSSR count). The second-order valence-electron chi connectivity index (χ2n) is 18.7. The third-order valence-electron chi connectivity index (χ3n) is 14.3. The number of hydrogen-bond acceptors (Lipinski definition) is 3. The smallest absolute Gasteiger partial charge is 0.0780 e. The zero-order valence-electron chi connectivity index (χ0n) is 40.5. The Morgan fingerprint density at radius 1 is 0.189 bits per heavy atom. The highest BCUT2D eigenvalue weighted by Crippen LogP contribution is 2.43. The molecule has 0 bridgehead atoms. The number of rotatable bonds is 10. The van der Waals surface area contributed by atoms with E-state index >= 15 is 0 Å². The van der Waals surface area contributed by atoms with Gasteiger partial charge in [0.25, 0.3) is 0 Å². The Morgan fingerprint density at radius 2 is 0.568 bits per heavy atom. The van der Waals surface area contributed by atoms with Gasteiger partial charge >= 0.3 is 0 Å². The van der Waals surface area contributed by atoms with E-state index in [0.29, 0.717) is 0 Å². The summed E-state index contributed by atoms with van der Waals surface area (Å²) in [6.45, 7) is 0. The summed E-state index contributed by atoms with van der Waals surface area (Å²) >= 11 is 0. The molecule has 0 unspecified atom stereocenters. The molecule has 3 heteroatoms. The van der Waals surface area contributed by atoms with Gasteiger partial charge in [0.1, 0.15) is 0 Å². The number of benzene rings is 10. The average molecular weight is 942 g/mol. The SMILES string of the molecule is c1ccc(-c2ccc(-c3cccc4c3ccc3cc(-c5ccccc5-c5cc(-c6ccccc6-c6ccc(-c7ccccc7)nc6)cc(-c6ccccc6-c6ccc(-c7ccccc7)nc6)c5)cnc34)cc2)cc1. The van der Waals surface area contributed by atoms with Gasteiger partial charge in [-0.1, -0.05) is 231 Å². The number of fused-ring (bicyclic) bond motifs is 3. The minimum absolute atomic E-state index is 0.946. The maximum Gasteiger partial charge on any atom is 0.0780 e. The summed E-state index contributed by atoms with van der Waals surface area (Å²) < 4.78 is 0. The molecule has 346 valence electrons. The summed E-state index contributed by atoms with van der Waals surface area (Å²) in [7, 11) is 0. The highest BCUT2D eigenvalue weighted by Gasteiger charge is 2.18. The Kier molecular flexibility index (Phi) is 11.6. The van der Waals surface area contributed by atoms with Crippen molar-refractivity contribution in [3.8, 4) is 112 Å². The van der Waals surface area contributed by atoms with Crippen LogP contribution in [0, 0.1) is 0 Å². The van der Waals surface area contributed by atoms with E-state index in [4.69, 9.17) is 15.0 Å². The molecule has 0 saturated heterocycles. The summed E-state index contributed by atoms with van der Waals surface area (Å²) in [6, 6.07) is 95.3. The molecular weight excluding hydrogens is 895 g/mol. The van der Waals surface area contributed by atoms with Crippen LogP contribution >= 0.6 is 0 Å². The monoisotopic (exact) mass is 941 g/mol. The summed E-state index contributed by atoms with van der Waals surface area (Å²) in [5.74, 6) is 0. The van der Waals surface area contributed by atoms with E-state index < -0.39 is 0 Å². The van der Waals surface area contributed by atoms with E-state index in [1.165, 1.54) is 27.6 Å². The summed E-state index contributed by atoms with van der Waals surface area (Å²) in [5.41, 5.74) is 23.1. The lowest BCUT2D eigenvalue weighted by Gasteiger charge is -2.18. The molecule has 0 saturated carbocycles. The van der Waals surface area contributed by atoms with Gasteiger partial charge < -0.3 is 0 Å². The second kappa shape index (κ2) is 19.4. The zero-order valence-corrected chi connectivity index (χ0v) is 40.5. The highest BCUT2D eigenvalue weighted by molar-refractivity contribution is 6.11. The molecule has 13 aromatic rings. The third-order valence-corrected chi connectivity index (χ3v) is 14.3. The first-order valence-corrected chi connectivity index (χ1v) is 25.1. The van der Waals surface area contributed by atoms with Gasteiger partial charge in [-0.15, -0.1) is 0 Å². The van der Waals surface area contributed by atoms with Gasteiger partial charge in [-0.3, -0.25) is 15.0 Å². The van der Waals surface area contributed by atoms with Crippen molar-refractivity contribution >= 4 is 21.7 Å². The number of aromatic nitrogens is 3. The van der Waals surface area contributed by atoms with Crippen LogP contribution in [0.15, 0.2) is 286 Å². The first-order chi connectivity index (χ1) is 36.7. The summed E-state index contributed by atoms with van der Waals surface area (Å²) in [6.07, 6.45) is 6.06. The molecule has 0 radical (unpaired) electrons. The normalized spacial score (nSPS) is 11.2. The number of hydrogen-bond donors (Lipinski definition) is 0. The standard InChI is InChI=1S/C71H47N3/c1-4-17-48(18-5-1)49-31-33-50(34-32-49)60-29-16-30-68-67(60)38-35-53-41-59(47-74-71(53)68)66-28-15-14-27-65(66)58-43-56(63-25-12-10-23-61(63)54-36-39-69(72-45-54)51-19-6-2-7-20-51)42-57(44-58)64-26-13-11-24-62(64)55-37-40-70(73-46-55)52-21-8-3-9-22-52/h1-47H. The molecule has 10 aromatic carbocycles. The zero-order chi connectivity index (χ0) is 49.2. The Labute approximate surface area is 431 Å². The average Bonchev–Trinajstić information content (AvgIpc) is 3.50. The fourth-order valence-electron chi connectivity index (χ4n) is 10.5. The van der Waals surface area contributed by atoms with Crippen LogP contribution in [-0.4, -0.2) is 15.0 Å². The van der Waals surface area contributed by atoms with Crippen molar-refractivity contribution in [3.05, 3.63) is 286 Å². The van der Waals surface area contributed by atoms with Gasteiger partial charge in [-0.2, -0.15) is 0 Å². The van der Waals surface area contributed by atoms with E-state index in [0.717, 1.165) is 106 Å². The summed E-state index contributed by atoms with van der Waals surface area (Å²) in [4.78, 5) is 15.2. The third kappa shape index (κ3) is 8.53. The fourth-order valence-corrected chi connectivity index (χ4v) is 10.5. The van der Waals surface area contributed by atoms with E-state index in [-0.39, 0.29) is 0 Å². The molecule has 0 aliphatic carbocycles. The predicted octanol–water partition coefficient (Wildman–Crippen LogP) is 18.8. The van der Waals surface area contributed by atoms with E-state index in [9.17, 15) is 0 Å². The minimum Gasteiger partial charge on any atom is -0.256 e. The van der Waals surface area contributed by atoms with Gasteiger partial charge in [0, 0.05) is 57.2 Å². The van der Waals surface area contributed by atoms with E-state index in [1.54, 1.807) is 0 Å². The first kappa shape index (κ1) is 44.1. The maximum absolute atomic E-state index is 5.27. The van der Waals surface area contributed by atoms with Crippen LogP contribution in [-0.2, 0) is 0 Å². The van der Waals surface area contributed by atoms with Crippen LogP contribution in [0.25, 0.3) is 133 Å². The van der Waals surface area contributed by atoms with Crippen molar-refractivity contribution in [2.45, 2.75) is 0 Å². The molecule has 0 amide bonds. The maximum atomic E-state index is 5.27. The van der Waals surface area contributed by atoms with Crippen molar-refractivity contribution in [2.24, 2.45) is 0 Å². The molecule has 0 atom stereocenters. The Bertz CT molecular complexity index is 3990. The van der Waals surface area contributed by atoms with E-state index in [2.05, 4.69) is 261 Å². The van der Waals surface area contributed by atoms with E-state index in [1.807, 2.05) is 24.5 Å². The van der Waals surface area contributed by atoms with Crippen LogP contribution in [0.3, 0.4) is 0 Å². The van der Waals surface area contributed by atoms with Crippen molar-refractivity contribution in [2.75, 3.05) is 0 Å². The van der Waals surface area contributed by atoms with Crippen molar-refractivity contribution in [3.63, 3.8) is 0 Å². The van der Waals surface area contributed by atoms with Crippen molar-refractivity contribution in [1.29, 1.82) is 0 Å². The van der Waals surface area contributed by atoms with Gasteiger partial charge in [-0.05, 0) is 114 Å². The Balaban J connectivity index is 0.925. The number of nitrogens with zero attached hydrogens (tertiary/aromatic N) is 3.